The summed E-state index contributed by atoms with van der Waals surface area (Å²) >= 11 is 6.14. The molecule has 5 nitrogen and oxygen atoms in total. The fourth-order valence-corrected chi connectivity index (χ4v) is 2.68. The first-order chi connectivity index (χ1) is 10.4. The number of benzene rings is 1. The molecule has 1 fully saturated rings. The first-order valence-corrected chi connectivity index (χ1v) is 7.79. The third-order valence-corrected chi connectivity index (χ3v) is 4.29. The summed E-state index contributed by atoms with van der Waals surface area (Å²) in [5, 5.41) is 0.645. The predicted octanol–water partition coefficient (Wildman–Crippen LogP) is 2.25. The van der Waals surface area contributed by atoms with E-state index in [-0.39, 0.29) is 24.5 Å². The molecule has 1 aliphatic rings. The lowest BCUT2D eigenvalue weighted by Crippen LogP contribution is -2.57. The number of ether oxygens (including phenoxy) is 1. The first kappa shape index (κ1) is 16.8. The van der Waals surface area contributed by atoms with E-state index in [4.69, 9.17) is 16.3 Å². The van der Waals surface area contributed by atoms with Gasteiger partial charge in [-0.15, -0.1) is 0 Å². The molecule has 1 unspecified atom stereocenters. The number of hydrogen-bond acceptors (Lipinski definition) is 4. The van der Waals surface area contributed by atoms with E-state index in [9.17, 15) is 9.59 Å². The smallest absolute Gasteiger partial charge is 0.320 e. The van der Waals surface area contributed by atoms with Crippen LogP contribution < -0.4 is 4.90 Å². The molecular formula is C16H21ClN2O3. The summed E-state index contributed by atoms with van der Waals surface area (Å²) < 4.78 is 4.95. The lowest BCUT2D eigenvalue weighted by molar-refractivity contribution is -0.145. The summed E-state index contributed by atoms with van der Waals surface area (Å²) in [4.78, 5) is 27.7. The molecule has 0 saturated carbocycles. The standard InChI is InChI=1S/C16H21ClN2O3/c1-4-22-15(20)10-18-7-8-19(16(21)12(18)3)13-6-5-11(2)14(17)9-13/h5-6,9,12H,4,7-8,10H2,1-3H3. The van der Waals surface area contributed by atoms with E-state index in [0.29, 0.717) is 24.7 Å². The number of carbonyl (C=O) groups is 2. The largest absolute Gasteiger partial charge is 0.465 e. The second-order valence-electron chi connectivity index (χ2n) is 5.37. The Bertz CT molecular complexity index is 577. The number of aryl methyl sites for hydroxylation is 1. The molecule has 1 aromatic rings. The highest BCUT2D eigenvalue weighted by molar-refractivity contribution is 6.31. The number of halogens is 1. The van der Waals surface area contributed by atoms with Crippen molar-refractivity contribution in [2.45, 2.75) is 26.8 Å². The normalized spacial score (nSPS) is 19.4. The van der Waals surface area contributed by atoms with Crippen molar-refractivity contribution in [2.75, 3.05) is 31.1 Å². The van der Waals surface area contributed by atoms with Gasteiger partial charge in [0.25, 0.3) is 0 Å². The van der Waals surface area contributed by atoms with Gasteiger partial charge in [0.15, 0.2) is 0 Å². The van der Waals surface area contributed by atoms with Crippen LogP contribution in [0.1, 0.15) is 19.4 Å². The molecular weight excluding hydrogens is 304 g/mol. The highest BCUT2D eigenvalue weighted by atomic mass is 35.5. The zero-order valence-electron chi connectivity index (χ0n) is 13.1. The second-order valence-corrected chi connectivity index (χ2v) is 5.78. The minimum Gasteiger partial charge on any atom is -0.465 e. The SMILES string of the molecule is CCOC(=O)CN1CCN(c2ccc(C)c(Cl)c2)C(=O)C1C. The van der Waals surface area contributed by atoms with Crippen molar-refractivity contribution < 1.29 is 14.3 Å². The van der Waals surface area contributed by atoms with Crippen LogP contribution in [-0.2, 0) is 14.3 Å². The van der Waals surface area contributed by atoms with Crippen molar-refractivity contribution in [3.63, 3.8) is 0 Å². The van der Waals surface area contributed by atoms with Crippen LogP contribution in [0.5, 0.6) is 0 Å². The number of anilines is 1. The third kappa shape index (κ3) is 3.59. The Hall–Kier alpha value is -1.59. The third-order valence-electron chi connectivity index (χ3n) is 3.89. The van der Waals surface area contributed by atoms with Gasteiger partial charge in [0.05, 0.1) is 19.2 Å². The average molecular weight is 325 g/mol. The minimum atomic E-state index is -0.363. The van der Waals surface area contributed by atoms with Crippen molar-refractivity contribution in [3.05, 3.63) is 28.8 Å². The van der Waals surface area contributed by atoms with Gasteiger partial charge in [-0.1, -0.05) is 17.7 Å². The summed E-state index contributed by atoms with van der Waals surface area (Å²) in [6.45, 7) is 7.15. The van der Waals surface area contributed by atoms with E-state index < -0.39 is 0 Å². The van der Waals surface area contributed by atoms with Gasteiger partial charge in [0.2, 0.25) is 5.91 Å². The number of hydrogen-bond donors (Lipinski definition) is 0. The molecule has 120 valence electrons. The van der Waals surface area contributed by atoms with E-state index in [1.54, 1.807) is 11.8 Å². The Morgan fingerprint density at radius 3 is 2.77 bits per heavy atom. The van der Waals surface area contributed by atoms with Crippen LogP contribution >= 0.6 is 11.6 Å². The number of amides is 1. The van der Waals surface area contributed by atoms with Crippen LogP contribution in [0.15, 0.2) is 18.2 Å². The quantitative estimate of drug-likeness (QED) is 0.797. The maximum Gasteiger partial charge on any atom is 0.320 e. The lowest BCUT2D eigenvalue weighted by atomic mass is 10.1. The fourth-order valence-electron chi connectivity index (χ4n) is 2.51. The molecule has 2 rings (SSSR count). The van der Waals surface area contributed by atoms with E-state index >= 15 is 0 Å². The van der Waals surface area contributed by atoms with Crippen LogP contribution in [0, 0.1) is 6.92 Å². The van der Waals surface area contributed by atoms with Crippen LogP contribution in [0.25, 0.3) is 0 Å². The Balaban J connectivity index is 2.08. The lowest BCUT2D eigenvalue weighted by Gasteiger charge is -2.38. The van der Waals surface area contributed by atoms with Gasteiger partial charge in [-0.05, 0) is 38.5 Å². The molecule has 0 aliphatic carbocycles. The Morgan fingerprint density at radius 1 is 1.41 bits per heavy atom. The first-order valence-electron chi connectivity index (χ1n) is 7.41. The highest BCUT2D eigenvalue weighted by Gasteiger charge is 2.33. The van der Waals surface area contributed by atoms with Crippen molar-refractivity contribution in [2.24, 2.45) is 0 Å². The predicted molar refractivity (Wildman–Crippen MR) is 86.2 cm³/mol. The summed E-state index contributed by atoms with van der Waals surface area (Å²) in [7, 11) is 0. The number of rotatable bonds is 4. The van der Waals surface area contributed by atoms with E-state index in [1.807, 2.05) is 36.9 Å². The van der Waals surface area contributed by atoms with E-state index in [2.05, 4.69) is 0 Å². The second kappa shape index (κ2) is 7.11. The molecule has 0 aromatic heterocycles. The summed E-state index contributed by atoms with van der Waals surface area (Å²) in [5.41, 5.74) is 1.77. The maximum absolute atomic E-state index is 12.6. The number of nitrogens with zero attached hydrogens (tertiary/aromatic N) is 2. The molecule has 0 bridgehead atoms. The summed E-state index contributed by atoms with van der Waals surface area (Å²) in [5.74, 6) is -0.329. The van der Waals surface area contributed by atoms with Crippen molar-refractivity contribution in [1.82, 2.24) is 4.90 Å². The Labute approximate surface area is 135 Å². The molecule has 1 atom stereocenters. The van der Waals surface area contributed by atoms with E-state index in [0.717, 1.165) is 11.3 Å². The Kier molecular flexibility index (Phi) is 5.42. The molecule has 1 aliphatic heterocycles. The average Bonchev–Trinajstić information content (AvgIpc) is 2.47. The molecule has 6 heteroatoms. The van der Waals surface area contributed by atoms with Crippen LogP contribution in [0.4, 0.5) is 5.69 Å². The molecule has 0 radical (unpaired) electrons. The topological polar surface area (TPSA) is 49.9 Å². The summed E-state index contributed by atoms with van der Waals surface area (Å²) in [6, 6.07) is 5.24. The van der Waals surface area contributed by atoms with Crippen molar-refractivity contribution >= 4 is 29.2 Å². The molecule has 0 spiro atoms. The zero-order chi connectivity index (χ0) is 16.3. The van der Waals surface area contributed by atoms with Gasteiger partial charge >= 0.3 is 5.97 Å². The van der Waals surface area contributed by atoms with Crippen LogP contribution in [0.3, 0.4) is 0 Å². The zero-order valence-corrected chi connectivity index (χ0v) is 13.9. The highest BCUT2D eigenvalue weighted by Crippen LogP contribution is 2.25. The van der Waals surface area contributed by atoms with Gasteiger partial charge in [-0.2, -0.15) is 0 Å². The van der Waals surface area contributed by atoms with Crippen LogP contribution in [0.2, 0.25) is 5.02 Å². The van der Waals surface area contributed by atoms with Crippen LogP contribution in [-0.4, -0.2) is 49.1 Å². The van der Waals surface area contributed by atoms with E-state index in [1.165, 1.54) is 0 Å². The molecule has 0 N–H and O–H groups in total. The van der Waals surface area contributed by atoms with Crippen molar-refractivity contribution in [3.8, 4) is 0 Å². The summed E-state index contributed by atoms with van der Waals surface area (Å²) in [6.07, 6.45) is 0. The molecule has 1 saturated heterocycles. The Morgan fingerprint density at radius 2 is 2.14 bits per heavy atom. The van der Waals surface area contributed by atoms with Gasteiger partial charge < -0.3 is 9.64 Å². The van der Waals surface area contributed by atoms with Gasteiger partial charge in [-0.25, -0.2) is 0 Å². The van der Waals surface area contributed by atoms with Gasteiger partial charge in [-0.3, -0.25) is 14.5 Å². The monoisotopic (exact) mass is 324 g/mol. The molecule has 1 aromatic carbocycles. The molecule has 1 heterocycles. The molecule has 22 heavy (non-hydrogen) atoms. The minimum absolute atomic E-state index is 0.0320. The maximum atomic E-state index is 12.6. The molecule has 1 amide bonds. The van der Waals surface area contributed by atoms with Crippen molar-refractivity contribution in [1.29, 1.82) is 0 Å². The number of piperazine rings is 1. The fraction of sp³-hybridized carbons (Fsp3) is 0.500. The number of carbonyl (C=O) groups excluding carboxylic acids is 2. The van der Waals surface area contributed by atoms with Gasteiger partial charge in [0, 0.05) is 23.8 Å². The number of esters is 1. The van der Waals surface area contributed by atoms with Gasteiger partial charge in [0.1, 0.15) is 0 Å².